The predicted molar refractivity (Wildman–Crippen MR) is 74.6 cm³/mol. The summed E-state index contributed by atoms with van der Waals surface area (Å²) in [5.41, 5.74) is 0.435. The van der Waals surface area contributed by atoms with Crippen molar-refractivity contribution in [1.82, 2.24) is 4.31 Å². The Morgan fingerprint density at radius 2 is 1.94 bits per heavy atom. The van der Waals surface area contributed by atoms with E-state index in [0.29, 0.717) is 28.3 Å². The molecule has 0 spiro atoms. The zero-order valence-electron chi connectivity index (χ0n) is 9.57. The highest BCUT2D eigenvalue weighted by molar-refractivity contribution is 9.10. The van der Waals surface area contributed by atoms with E-state index in [0.717, 1.165) is 0 Å². The highest BCUT2D eigenvalue weighted by Gasteiger charge is 2.19. The van der Waals surface area contributed by atoms with Gasteiger partial charge in [-0.25, -0.2) is 0 Å². The van der Waals surface area contributed by atoms with E-state index < -0.39 is 10.2 Å². The van der Waals surface area contributed by atoms with Crippen LogP contribution in [0.1, 0.15) is 13.8 Å². The second-order valence-electron chi connectivity index (χ2n) is 3.32. The van der Waals surface area contributed by atoms with Crippen LogP contribution in [0.25, 0.3) is 0 Å². The van der Waals surface area contributed by atoms with Gasteiger partial charge in [0.15, 0.2) is 0 Å². The van der Waals surface area contributed by atoms with Gasteiger partial charge in [-0.3, -0.25) is 4.72 Å². The fourth-order valence-corrected chi connectivity index (χ4v) is 3.25. The minimum absolute atomic E-state index is 0.421. The summed E-state index contributed by atoms with van der Waals surface area (Å²) in [5.74, 6) is 0. The summed E-state index contributed by atoms with van der Waals surface area (Å²) in [5, 5.41) is 0.477. The summed E-state index contributed by atoms with van der Waals surface area (Å²) in [6.45, 7) is 4.42. The van der Waals surface area contributed by atoms with Crippen LogP contribution in [0.2, 0.25) is 5.02 Å². The Balaban J connectivity index is 3.01. The Labute approximate surface area is 115 Å². The van der Waals surface area contributed by atoms with E-state index in [1.165, 1.54) is 4.31 Å². The number of hydrogen-bond acceptors (Lipinski definition) is 2. The second kappa shape index (κ2) is 6.04. The highest BCUT2D eigenvalue weighted by Crippen LogP contribution is 2.27. The van der Waals surface area contributed by atoms with Gasteiger partial charge in [0, 0.05) is 22.6 Å². The van der Waals surface area contributed by atoms with Gasteiger partial charge >= 0.3 is 10.2 Å². The molecule has 96 valence electrons. The summed E-state index contributed by atoms with van der Waals surface area (Å²) < 4.78 is 28.4. The number of hydrogen-bond donors (Lipinski definition) is 1. The van der Waals surface area contributed by atoms with Crippen molar-refractivity contribution in [1.29, 1.82) is 0 Å². The third-order valence-corrected chi connectivity index (χ3v) is 4.81. The first-order chi connectivity index (χ1) is 7.90. The molecule has 0 aliphatic carbocycles. The maximum absolute atomic E-state index is 12.0. The number of benzene rings is 1. The molecule has 0 atom stereocenters. The Kier molecular flexibility index (Phi) is 5.24. The van der Waals surface area contributed by atoms with Crippen LogP contribution in [0.3, 0.4) is 0 Å². The molecule has 4 nitrogen and oxygen atoms in total. The molecule has 0 radical (unpaired) electrons. The minimum Gasteiger partial charge on any atom is -0.270 e. The van der Waals surface area contributed by atoms with Crippen molar-refractivity contribution >= 4 is 43.4 Å². The normalized spacial score (nSPS) is 11.8. The standard InChI is InChI=1S/C10H14BrClN2O2S/c1-3-14(4-2)17(15,16)13-10-7-8(12)5-6-9(10)11/h5-7,13H,3-4H2,1-2H3. The number of nitrogens with one attached hydrogen (secondary N) is 1. The lowest BCUT2D eigenvalue weighted by molar-refractivity contribution is 0.449. The van der Waals surface area contributed by atoms with Gasteiger partial charge in [-0.2, -0.15) is 12.7 Å². The fraction of sp³-hybridized carbons (Fsp3) is 0.400. The molecule has 0 saturated carbocycles. The first-order valence-electron chi connectivity index (χ1n) is 5.13. The molecule has 7 heteroatoms. The van der Waals surface area contributed by atoms with Crippen LogP contribution in [0.4, 0.5) is 5.69 Å². The zero-order valence-corrected chi connectivity index (χ0v) is 12.7. The maximum atomic E-state index is 12.0. The van der Waals surface area contributed by atoms with Crippen molar-refractivity contribution in [3.63, 3.8) is 0 Å². The van der Waals surface area contributed by atoms with Gasteiger partial charge in [-0.15, -0.1) is 0 Å². The molecule has 1 N–H and O–H groups in total. The number of anilines is 1. The number of halogens is 2. The molecule has 0 fully saturated rings. The molecule has 0 bridgehead atoms. The van der Waals surface area contributed by atoms with Gasteiger partial charge < -0.3 is 0 Å². The maximum Gasteiger partial charge on any atom is 0.301 e. The van der Waals surface area contributed by atoms with E-state index in [-0.39, 0.29) is 0 Å². The van der Waals surface area contributed by atoms with E-state index in [9.17, 15) is 8.42 Å². The van der Waals surface area contributed by atoms with E-state index in [2.05, 4.69) is 20.7 Å². The monoisotopic (exact) mass is 340 g/mol. The molecule has 1 aromatic rings. The SMILES string of the molecule is CCN(CC)S(=O)(=O)Nc1cc(Cl)ccc1Br. The van der Waals surface area contributed by atoms with Gasteiger partial charge in [0.05, 0.1) is 5.69 Å². The first kappa shape index (κ1) is 14.8. The molecule has 1 aromatic carbocycles. The van der Waals surface area contributed by atoms with Crippen LogP contribution in [0.15, 0.2) is 22.7 Å². The summed E-state index contributed by atoms with van der Waals surface area (Å²) in [6, 6.07) is 4.94. The molecule has 1 rings (SSSR count). The Morgan fingerprint density at radius 3 is 2.47 bits per heavy atom. The molecular weight excluding hydrogens is 328 g/mol. The molecular formula is C10H14BrClN2O2S. The first-order valence-corrected chi connectivity index (χ1v) is 7.74. The number of rotatable bonds is 5. The molecule has 17 heavy (non-hydrogen) atoms. The van der Waals surface area contributed by atoms with Gasteiger partial charge in [0.25, 0.3) is 0 Å². The lowest BCUT2D eigenvalue weighted by Crippen LogP contribution is -2.35. The van der Waals surface area contributed by atoms with Crippen molar-refractivity contribution in [2.45, 2.75) is 13.8 Å². The molecule has 0 aliphatic heterocycles. The quantitative estimate of drug-likeness (QED) is 0.894. The smallest absolute Gasteiger partial charge is 0.270 e. The molecule has 0 aliphatic rings. The summed E-state index contributed by atoms with van der Waals surface area (Å²) in [4.78, 5) is 0. The summed E-state index contributed by atoms with van der Waals surface area (Å²) >= 11 is 9.10. The summed E-state index contributed by atoms with van der Waals surface area (Å²) in [6.07, 6.45) is 0. The Hall–Kier alpha value is -0.300. The van der Waals surface area contributed by atoms with E-state index >= 15 is 0 Å². The summed E-state index contributed by atoms with van der Waals surface area (Å²) in [7, 11) is -3.52. The van der Waals surface area contributed by atoms with Crippen LogP contribution >= 0.6 is 27.5 Å². The van der Waals surface area contributed by atoms with Gasteiger partial charge in [0.2, 0.25) is 0 Å². The van der Waals surface area contributed by atoms with Crippen LogP contribution in [0, 0.1) is 0 Å². The fourth-order valence-electron chi connectivity index (χ4n) is 1.34. The van der Waals surface area contributed by atoms with Crippen molar-refractivity contribution in [3.8, 4) is 0 Å². The third kappa shape index (κ3) is 3.84. The van der Waals surface area contributed by atoms with Crippen molar-refractivity contribution < 1.29 is 8.42 Å². The van der Waals surface area contributed by atoms with Gasteiger partial charge in [0.1, 0.15) is 0 Å². The van der Waals surface area contributed by atoms with E-state index in [4.69, 9.17) is 11.6 Å². The van der Waals surface area contributed by atoms with Crippen molar-refractivity contribution in [3.05, 3.63) is 27.7 Å². The minimum atomic E-state index is -3.52. The number of nitrogens with zero attached hydrogens (tertiary/aromatic N) is 1. The lowest BCUT2D eigenvalue weighted by atomic mass is 10.3. The van der Waals surface area contributed by atoms with Crippen molar-refractivity contribution in [2.75, 3.05) is 17.8 Å². The second-order valence-corrected chi connectivity index (χ2v) is 6.28. The highest BCUT2D eigenvalue weighted by atomic mass is 79.9. The lowest BCUT2D eigenvalue weighted by Gasteiger charge is -2.20. The van der Waals surface area contributed by atoms with E-state index in [1.54, 1.807) is 32.0 Å². The van der Waals surface area contributed by atoms with E-state index in [1.807, 2.05) is 0 Å². The molecule has 0 aromatic heterocycles. The van der Waals surface area contributed by atoms with Gasteiger partial charge in [-0.1, -0.05) is 25.4 Å². The zero-order chi connectivity index (χ0) is 13.1. The van der Waals surface area contributed by atoms with Crippen LogP contribution in [0.5, 0.6) is 0 Å². The third-order valence-electron chi connectivity index (χ3n) is 2.21. The van der Waals surface area contributed by atoms with Crippen LogP contribution < -0.4 is 4.72 Å². The van der Waals surface area contributed by atoms with Crippen LogP contribution in [-0.4, -0.2) is 25.8 Å². The average molecular weight is 342 g/mol. The largest absolute Gasteiger partial charge is 0.301 e. The molecule has 0 heterocycles. The van der Waals surface area contributed by atoms with Crippen LogP contribution in [-0.2, 0) is 10.2 Å². The topological polar surface area (TPSA) is 49.4 Å². The molecule has 0 saturated heterocycles. The molecule has 0 amide bonds. The predicted octanol–water partition coefficient (Wildman–Crippen LogP) is 3.10. The van der Waals surface area contributed by atoms with Gasteiger partial charge in [-0.05, 0) is 34.1 Å². The van der Waals surface area contributed by atoms with Crippen molar-refractivity contribution in [2.24, 2.45) is 0 Å². The molecule has 0 unspecified atom stereocenters. The Bertz CT molecular complexity index is 489. The average Bonchev–Trinajstić information content (AvgIpc) is 2.24. The Morgan fingerprint density at radius 1 is 1.35 bits per heavy atom.